The Morgan fingerprint density at radius 2 is 1.02 bits per heavy atom. The maximum Gasteiger partial charge on any atom is 0.358 e. The molecule has 0 aliphatic carbocycles. The number of carboxylic acid groups (broad SMARTS) is 1. The van der Waals surface area contributed by atoms with Crippen molar-refractivity contribution in [3.8, 4) is 0 Å². The van der Waals surface area contributed by atoms with E-state index in [2.05, 4.69) is 35.3 Å². The lowest BCUT2D eigenvalue weighted by atomic mass is 10.1. The van der Waals surface area contributed by atoms with E-state index in [1.165, 1.54) is 76.9 Å². The number of nitrogens with zero attached hydrogens (tertiary/aromatic N) is 8. The summed E-state index contributed by atoms with van der Waals surface area (Å²) in [6.07, 6.45) is 4.03. The molecule has 7 aromatic rings. The normalized spacial score (nSPS) is 10.2. The Morgan fingerprint density at radius 1 is 0.585 bits per heavy atom. The summed E-state index contributed by atoms with van der Waals surface area (Å²) < 4.78 is 59.3. The van der Waals surface area contributed by atoms with Crippen molar-refractivity contribution >= 4 is 29.5 Å². The number of carbonyl (C=O) groups is 3. The standard InChI is InChI=1S/C18H14F2N4O2.C12H10F2N2.C7H8N2O3.C6H6N2O3/c1-24-17(25)7-5-15(23-24)18(26)22-16-6-3-12(10-21-16)8-11-2-4-13(19)14(20)9-11;13-10-3-1-8(6-11(10)14)5-9-2-4-12(15)16-7-9;1-9-6(10)4-3-5(8-9)7(11)12-2;1-8-5(9)3-2-4(7-8)6(10)11/h2-7,9-10H,8H2,1H3,(H,21,22,26);1-4,6-7H,5H2,(H2,15,16);3-4H,1-2H3;2-3H,1H3,(H,10,11). The number of ether oxygens (including phenoxy) is 1. The molecule has 7 rings (SSSR count). The number of anilines is 2. The topological polar surface area (TPSA) is 249 Å². The minimum absolute atomic E-state index is 0.0831. The zero-order chi connectivity index (χ0) is 47.8. The predicted molar refractivity (Wildman–Crippen MR) is 226 cm³/mol. The van der Waals surface area contributed by atoms with E-state index in [-0.39, 0.29) is 33.8 Å². The number of pyridine rings is 2. The number of carboxylic acids is 1. The maximum atomic E-state index is 13.2. The summed E-state index contributed by atoms with van der Waals surface area (Å²) >= 11 is 0. The van der Waals surface area contributed by atoms with Crippen molar-refractivity contribution in [1.82, 2.24) is 39.3 Å². The van der Waals surface area contributed by atoms with Crippen LogP contribution in [0.4, 0.5) is 29.2 Å². The third-order valence-electron chi connectivity index (χ3n) is 8.43. The van der Waals surface area contributed by atoms with Crippen LogP contribution >= 0.6 is 0 Å². The first-order chi connectivity index (χ1) is 30.8. The fourth-order valence-corrected chi connectivity index (χ4v) is 5.05. The number of nitrogens with one attached hydrogen (secondary N) is 1. The molecule has 0 saturated carbocycles. The van der Waals surface area contributed by atoms with Gasteiger partial charge in [-0.25, -0.2) is 51.2 Å². The van der Waals surface area contributed by atoms with Crippen LogP contribution in [0.5, 0.6) is 0 Å². The van der Waals surface area contributed by atoms with Crippen LogP contribution in [0, 0.1) is 23.3 Å². The van der Waals surface area contributed by atoms with Gasteiger partial charge in [0.25, 0.3) is 22.6 Å². The number of amides is 1. The Morgan fingerprint density at radius 3 is 1.43 bits per heavy atom. The number of aromatic carboxylic acids is 1. The molecule has 5 heterocycles. The van der Waals surface area contributed by atoms with Crippen molar-refractivity contribution in [1.29, 1.82) is 0 Å². The Labute approximate surface area is 365 Å². The molecule has 18 nitrogen and oxygen atoms in total. The van der Waals surface area contributed by atoms with E-state index in [1.807, 2.05) is 6.07 Å². The molecule has 0 bridgehead atoms. The highest BCUT2D eigenvalue weighted by Crippen LogP contribution is 2.15. The predicted octanol–water partition coefficient (Wildman–Crippen LogP) is 3.87. The minimum atomic E-state index is -1.14. The second-order valence-electron chi connectivity index (χ2n) is 13.3. The molecule has 4 N–H and O–H groups in total. The van der Waals surface area contributed by atoms with E-state index < -0.39 is 41.1 Å². The van der Waals surface area contributed by atoms with Crippen LogP contribution < -0.4 is 27.7 Å². The van der Waals surface area contributed by atoms with Gasteiger partial charge in [-0.15, -0.1) is 0 Å². The molecular formula is C43H38F4N10O8. The summed E-state index contributed by atoms with van der Waals surface area (Å²) in [5.74, 6) is -4.90. The van der Waals surface area contributed by atoms with Crippen molar-refractivity contribution in [3.05, 3.63) is 203 Å². The number of nitrogen functional groups attached to an aromatic ring is 1. The van der Waals surface area contributed by atoms with E-state index in [9.17, 15) is 46.3 Å². The molecule has 0 radical (unpaired) electrons. The molecule has 2 aromatic carbocycles. The molecule has 0 aliphatic rings. The summed E-state index contributed by atoms with van der Waals surface area (Å²) in [7, 11) is 5.57. The molecular weight excluding hydrogens is 861 g/mol. The summed E-state index contributed by atoms with van der Waals surface area (Å²) in [5, 5.41) is 22.0. The number of hydrogen-bond donors (Lipinski definition) is 3. The van der Waals surface area contributed by atoms with Gasteiger partial charge in [0.15, 0.2) is 34.7 Å². The highest BCUT2D eigenvalue weighted by Gasteiger charge is 2.11. The first-order valence-corrected chi connectivity index (χ1v) is 18.6. The van der Waals surface area contributed by atoms with Crippen LogP contribution in [-0.2, 0) is 38.7 Å². The lowest BCUT2D eigenvalue weighted by Gasteiger charge is -2.06. The van der Waals surface area contributed by atoms with Crippen LogP contribution in [0.1, 0.15) is 53.7 Å². The summed E-state index contributed by atoms with van der Waals surface area (Å²) in [6, 6.07) is 21.9. The van der Waals surface area contributed by atoms with E-state index in [1.54, 1.807) is 30.5 Å². The third kappa shape index (κ3) is 15.0. The van der Waals surface area contributed by atoms with E-state index in [4.69, 9.17) is 10.8 Å². The summed E-state index contributed by atoms with van der Waals surface area (Å²) in [4.78, 5) is 74.2. The number of methoxy groups -OCH3 is 1. The molecule has 0 unspecified atom stereocenters. The number of hydrogen-bond acceptors (Lipinski definition) is 13. The number of halogens is 4. The minimum Gasteiger partial charge on any atom is -0.476 e. The van der Waals surface area contributed by atoms with Gasteiger partial charge in [-0.05, 0) is 89.7 Å². The van der Waals surface area contributed by atoms with Crippen molar-refractivity contribution < 1.29 is 41.8 Å². The van der Waals surface area contributed by atoms with E-state index >= 15 is 0 Å². The van der Waals surface area contributed by atoms with Gasteiger partial charge < -0.3 is 20.9 Å². The molecule has 0 fully saturated rings. The highest BCUT2D eigenvalue weighted by atomic mass is 19.2. The molecule has 0 saturated heterocycles. The average Bonchev–Trinajstić information content (AvgIpc) is 3.28. The largest absolute Gasteiger partial charge is 0.476 e. The number of esters is 1. The van der Waals surface area contributed by atoms with E-state index in [0.717, 1.165) is 49.4 Å². The van der Waals surface area contributed by atoms with E-state index in [0.29, 0.717) is 35.6 Å². The zero-order valence-corrected chi connectivity index (χ0v) is 34.8. The van der Waals surface area contributed by atoms with Crippen LogP contribution in [0.2, 0.25) is 0 Å². The molecule has 22 heteroatoms. The number of benzene rings is 2. The number of aromatic nitrogens is 8. The molecule has 0 aliphatic heterocycles. The number of aryl methyl sites for hydroxylation is 3. The number of rotatable bonds is 8. The first kappa shape index (κ1) is 49.0. The van der Waals surface area contributed by atoms with Gasteiger partial charge in [0.05, 0.1) is 7.11 Å². The smallest absolute Gasteiger partial charge is 0.358 e. The summed E-state index contributed by atoms with van der Waals surface area (Å²) in [6.45, 7) is 0. The molecule has 5 aromatic heterocycles. The summed E-state index contributed by atoms with van der Waals surface area (Å²) in [5.41, 5.74) is 7.60. The van der Waals surface area contributed by atoms with Gasteiger partial charge in [-0.2, -0.15) is 15.3 Å². The van der Waals surface area contributed by atoms with Crippen LogP contribution in [0.3, 0.4) is 0 Å². The Bertz CT molecular complexity index is 2980. The number of nitrogens with two attached hydrogens (primary N) is 1. The molecule has 336 valence electrons. The Balaban J connectivity index is 0.000000203. The van der Waals surface area contributed by atoms with Crippen LogP contribution in [0.25, 0.3) is 0 Å². The maximum absolute atomic E-state index is 13.2. The molecule has 65 heavy (non-hydrogen) atoms. The third-order valence-corrected chi connectivity index (χ3v) is 8.43. The molecule has 0 atom stereocenters. The average molecular weight is 899 g/mol. The Hall–Kier alpha value is -8.69. The van der Waals surface area contributed by atoms with Gasteiger partial charge in [-0.3, -0.25) is 19.2 Å². The second kappa shape index (κ2) is 23.0. The van der Waals surface area contributed by atoms with Gasteiger partial charge in [-0.1, -0.05) is 24.3 Å². The number of carbonyl (C=O) groups excluding carboxylic acids is 2. The second-order valence-corrected chi connectivity index (χ2v) is 13.3. The van der Waals surface area contributed by atoms with Crippen LogP contribution in [0.15, 0.2) is 124 Å². The molecule has 1 amide bonds. The fraction of sp³-hybridized carbons (Fsp3) is 0.140. The van der Waals surface area contributed by atoms with Crippen molar-refractivity contribution in [2.45, 2.75) is 12.8 Å². The van der Waals surface area contributed by atoms with Crippen LogP contribution in [-0.4, -0.2) is 69.4 Å². The van der Waals surface area contributed by atoms with Crippen molar-refractivity contribution in [2.24, 2.45) is 21.1 Å². The van der Waals surface area contributed by atoms with Gasteiger partial charge in [0.1, 0.15) is 17.3 Å². The zero-order valence-electron chi connectivity index (χ0n) is 34.8. The Kier molecular flexibility index (Phi) is 17.3. The fourth-order valence-electron chi connectivity index (χ4n) is 5.05. The highest BCUT2D eigenvalue weighted by molar-refractivity contribution is 6.02. The first-order valence-electron chi connectivity index (χ1n) is 18.6. The van der Waals surface area contributed by atoms with Crippen molar-refractivity contribution in [2.75, 3.05) is 18.2 Å². The van der Waals surface area contributed by atoms with Gasteiger partial charge in [0, 0.05) is 51.7 Å². The lowest BCUT2D eigenvalue weighted by molar-refractivity contribution is 0.0590. The van der Waals surface area contributed by atoms with Crippen molar-refractivity contribution in [3.63, 3.8) is 0 Å². The molecule has 0 spiro atoms. The monoisotopic (exact) mass is 898 g/mol. The lowest BCUT2D eigenvalue weighted by Crippen LogP contribution is -2.23. The van der Waals surface area contributed by atoms with Gasteiger partial charge in [0.2, 0.25) is 0 Å². The SMILES string of the molecule is COC(=O)c1ccc(=O)n(C)n1.Cn1nc(C(=O)Nc2ccc(Cc3ccc(F)c(F)c3)cn2)ccc1=O.Cn1nc(C(=O)O)ccc1=O.Nc1ccc(Cc2ccc(F)c(F)c2)cn1. The van der Waals surface area contributed by atoms with Gasteiger partial charge >= 0.3 is 11.9 Å². The quantitative estimate of drug-likeness (QED) is 0.145.